The van der Waals surface area contributed by atoms with Crippen molar-refractivity contribution in [3.05, 3.63) is 29.2 Å². The molecule has 0 fully saturated rings. The van der Waals surface area contributed by atoms with Gasteiger partial charge in [0.2, 0.25) is 10.0 Å². The molecule has 2 aromatic rings. The van der Waals surface area contributed by atoms with E-state index in [1.54, 1.807) is 24.1 Å². The number of aryl methyl sites for hydroxylation is 1. The van der Waals surface area contributed by atoms with Crippen LogP contribution in [0.5, 0.6) is 0 Å². The first kappa shape index (κ1) is 15.1. The average Bonchev–Trinajstić information content (AvgIpc) is 2.99. The highest BCUT2D eigenvalue weighted by molar-refractivity contribution is 7.91. The van der Waals surface area contributed by atoms with Gasteiger partial charge < -0.3 is 5.32 Å². The third-order valence-electron chi connectivity index (χ3n) is 2.54. The second-order valence-electron chi connectivity index (χ2n) is 4.23. The van der Waals surface area contributed by atoms with Crippen molar-refractivity contribution in [1.82, 2.24) is 24.8 Å². The highest BCUT2D eigenvalue weighted by Gasteiger charge is 2.16. The van der Waals surface area contributed by atoms with Crippen LogP contribution in [-0.2, 0) is 30.0 Å². The minimum absolute atomic E-state index is 0.283. The molecular weight excluding hydrogens is 298 g/mol. The Hall–Kier alpha value is -1.29. The molecule has 110 valence electrons. The SMILES string of the molecule is CNCc1ccc(S(=O)(=O)NCCc2ncn(C)n2)s1. The topological polar surface area (TPSA) is 88.9 Å². The van der Waals surface area contributed by atoms with Crippen molar-refractivity contribution in [3.63, 3.8) is 0 Å². The van der Waals surface area contributed by atoms with E-state index in [1.165, 1.54) is 11.3 Å². The summed E-state index contributed by atoms with van der Waals surface area (Å²) in [6, 6.07) is 3.44. The van der Waals surface area contributed by atoms with Crippen molar-refractivity contribution < 1.29 is 8.42 Å². The number of thiophene rings is 1. The van der Waals surface area contributed by atoms with E-state index in [0.717, 1.165) is 4.88 Å². The zero-order valence-electron chi connectivity index (χ0n) is 11.3. The van der Waals surface area contributed by atoms with Gasteiger partial charge in [-0.15, -0.1) is 11.3 Å². The predicted octanol–water partition coefficient (Wildman–Crippen LogP) is 0.117. The van der Waals surface area contributed by atoms with Crippen LogP contribution in [0.25, 0.3) is 0 Å². The van der Waals surface area contributed by atoms with Gasteiger partial charge in [-0.1, -0.05) is 0 Å². The summed E-state index contributed by atoms with van der Waals surface area (Å²) in [5, 5.41) is 7.09. The molecule has 0 bridgehead atoms. The number of sulfonamides is 1. The van der Waals surface area contributed by atoms with Crippen molar-refractivity contribution in [3.8, 4) is 0 Å². The highest BCUT2D eigenvalue weighted by Crippen LogP contribution is 2.21. The fraction of sp³-hybridized carbons (Fsp3) is 0.455. The van der Waals surface area contributed by atoms with E-state index in [2.05, 4.69) is 20.1 Å². The van der Waals surface area contributed by atoms with E-state index in [9.17, 15) is 8.42 Å². The molecule has 2 N–H and O–H groups in total. The maximum atomic E-state index is 12.1. The van der Waals surface area contributed by atoms with E-state index in [1.807, 2.05) is 13.1 Å². The summed E-state index contributed by atoms with van der Waals surface area (Å²) in [5.41, 5.74) is 0. The van der Waals surface area contributed by atoms with Gasteiger partial charge in [-0.05, 0) is 19.2 Å². The largest absolute Gasteiger partial charge is 0.315 e. The number of aromatic nitrogens is 3. The van der Waals surface area contributed by atoms with Crippen molar-refractivity contribution in [1.29, 1.82) is 0 Å². The Kier molecular flexibility index (Phi) is 4.86. The molecule has 0 aromatic carbocycles. The molecule has 20 heavy (non-hydrogen) atoms. The van der Waals surface area contributed by atoms with Crippen LogP contribution in [0.1, 0.15) is 10.7 Å². The van der Waals surface area contributed by atoms with Crippen LogP contribution in [0.2, 0.25) is 0 Å². The third-order valence-corrected chi connectivity index (χ3v) is 5.58. The van der Waals surface area contributed by atoms with Crippen molar-refractivity contribution in [2.75, 3.05) is 13.6 Å². The lowest BCUT2D eigenvalue weighted by Gasteiger charge is -2.02. The monoisotopic (exact) mass is 315 g/mol. The quantitative estimate of drug-likeness (QED) is 0.757. The normalized spacial score (nSPS) is 11.9. The zero-order valence-corrected chi connectivity index (χ0v) is 13.0. The number of nitrogens with one attached hydrogen (secondary N) is 2. The van der Waals surface area contributed by atoms with Crippen LogP contribution in [0.4, 0.5) is 0 Å². The average molecular weight is 315 g/mol. The number of hydrogen-bond donors (Lipinski definition) is 2. The first-order valence-electron chi connectivity index (χ1n) is 6.09. The molecule has 0 amide bonds. The van der Waals surface area contributed by atoms with Crippen molar-refractivity contribution in [2.45, 2.75) is 17.2 Å². The second-order valence-corrected chi connectivity index (χ2v) is 7.40. The van der Waals surface area contributed by atoms with Gasteiger partial charge in [-0.3, -0.25) is 4.68 Å². The Balaban J connectivity index is 1.92. The summed E-state index contributed by atoms with van der Waals surface area (Å²) in [4.78, 5) is 5.03. The van der Waals surface area contributed by atoms with Crippen LogP contribution in [0.3, 0.4) is 0 Å². The van der Waals surface area contributed by atoms with Gasteiger partial charge in [-0.25, -0.2) is 18.1 Å². The lowest BCUT2D eigenvalue weighted by Crippen LogP contribution is -2.25. The fourth-order valence-corrected chi connectivity index (χ4v) is 4.08. The van der Waals surface area contributed by atoms with Gasteiger partial charge in [0.25, 0.3) is 0 Å². The maximum absolute atomic E-state index is 12.1. The van der Waals surface area contributed by atoms with Gasteiger partial charge in [0, 0.05) is 31.4 Å². The summed E-state index contributed by atoms with van der Waals surface area (Å²) in [5.74, 6) is 0.622. The van der Waals surface area contributed by atoms with E-state index >= 15 is 0 Å². The van der Waals surface area contributed by atoms with Gasteiger partial charge in [-0.2, -0.15) is 5.10 Å². The molecule has 0 radical (unpaired) electrons. The van der Waals surface area contributed by atoms with E-state index in [-0.39, 0.29) is 6.54 Å². The fourth-order valence-electron chi connectivity index (χ4n) is 1.64. The summed E-state index contributed by atoms with van der Waals surface area (Å²) in [6.45, 7) is 0.948. The molecule has 0 spiro atoms. The highest BCUT2D eigenvalue weighted by atomic mass is 32.2. The Morgan fingerprint density at radius 2 is 2.20 bits per heavy atom. The molecule has 2 rings (SSSR count). The molecule has 0 saturated carbocycles. The molecule has 0 atom stereocenters. The molecule has 9 heteroatoms. The summed E-state index contributed by atoms with van der Waals surface area (Å²) < 4.78 is 28.6. The van der Waals surface area contributed by atoms with Crippen LogP contribution in [-0.4, -0.2) is 36.8 Å². The maximum Gasteiger partial charge on any atom is 0.250 e. The lowest BCUT2D eigenvalue weighted by molar-refractivity contribution is 0.582. The Morgan fingerprint density at radius 1 is 1.40 bits per heavy atom. The van der Waals surface area contributed by atoms with Crippen LogP contribution < -0.4 is 10.0 Å². The van der Waals surface area contributed by atoms with Crippen molar-refractivity contribution >= 4 is 21.4 Å². The van der Waals surface area contributed by atoms with Gasteiger partial charge >= 0.3 is 0 Å². The van der Waals surface area contributed by atoms with Crippen LogP contribution in [0.15, 0.2) is 22.7 Å². The molecule has 2 aromatic heterocycles. The van der Waals surface area contributed by atoms with Crippen LogP contribution in [0, 0.1) is 0 Å². The standard InChI is InChI=1S/C11H17N5O2S2/c1-12-7-9-3-4-11(19-9)20(17,18)14-6-5-10-13-8-16(2)15-10/h3-4,8,12,14H,5-7H2,1-2H3. The van der Waals surface area contributed by atoms with Gasteiger partial charge in [0.1, 0.15) is 10.5 Å². The smallest absolute Gasteiger partial charge is 0.250 e. The van der Waals surface area contributed by atoms with E-state index < -0.39 is 10.0 Å². The zero-order chi connectivity index (χ0) is 14.6. The van der Waals surface area contributed by atoms with E-state index in [0.29, 0.717) is 23.0 Å². The number of nitrogens with zero attached hydrogens (tertiary/aromatic N) is 3. The Bertz CT molecular complexity index is 662. The molecule has 0 aliphatic rings. The summed E-state index contributed by atoms with van der Waals surface area (Å²) >= 11 is 1.27. The molecule has 0 unspecified atom stereocenters. The summed E-state index contributed by atoms with van der Waals surface area (Å²) in [7, 11) is 0.156. The molecule has 2 heterocycles. The number of hydrogen-bond acceptors (Lipinski definition) is 6. The first-order valence-corrected chi connectivity index (χ1v) is 8.39. The van der Waals surface area contributed by atoms with Gasteiger partial charge in [0.05, 0.1) is 0 Å². The lowest BCUT2D eigenvalue weighted by atomic mass is 10.4. The summed E-state index contributed by atoms with van der Waals surface area (Å²) in [6.07, 6.45) is 2.06. The molecule has 7 nitrogen and oxygen atoms in total. The second kappa shape index (κ2) is 6.44. The van der Waals surface area contributed by atoms with E-state index in [4.69, 9.17) is 0 Å². The van der Waals surface area contributed by atoms with Crippen LogP contribution >= 0.6 is 11.3 Å². The first-order chi connectivity index (χ1) is 9.51. The molecular formula is C11H17N5O2S2. The van der Waals surface area contributed by atoms with Gasteiger partial charge in [0.15, 0.2) is 5.82 Å². The molecule has 0 saturated heterocycles. The third kappa shape index (κ3) is 3.85. The minimum Gasteiger partial charge on any atom is -0.315 e. The Morgan fingerprint density at radius 3 is 2.85 bits per heavy atom. The molecule has 0 aliphatic heterocycles. The number of rotatable bonds is 7. The minimum atomic E-state index is -3.44. The van der Waals surface area contributed by atoms with Crippen molar-refractivity contribution in [2.24, 2.45) is 7.05 Å². The Labute approximate surface area is 122 Å². The predicted molar refractivity (Wildman–Crippen MR) is 77.0 cm³/mol. The molecule has 0 aliphatic carbocycles.